The minimum atomic E-state index is -7.49. The summed E-state index contributed by atoms with van der Waals surface area (Å²) >= 11 is 0. The van der Waals surface area contributed by atoms with Gasteiger partial charge in [-0.25, -0.2) is 13.2 Å². The largest absolute Gasteiger partial charge is 0.872 e. The maximum Gasteiger partial charge on any atom is 0.414 e. The van der Waals surface area contributed by atoms with E-state index in [1.165, 1.54) is 0 Å². The fourth-order valence-corrected chi connectivity index (χ4v) is 3.88. The van der Waals surface area contributed by atoms with Gasteiger partial charge in [-0.2, -0.15) is 48.3 Å². The van der Waals surface area contributed by atoms with Crippen molar-refractivity contribution in [3.8, 4) is 0 Å². The van der Waals surface area contributed by atoms with Crippen molar-refractivity contribution < 1.29 is 71.4 Å². The van der Waals surface area contributed by atoms with Gasteiger partial charge >= 0.3 is 29.9 Å². The summed E-state index contributed by atoms with van der Waals surface area (Å²) in [6.45, 7) is 0. The van der Waals surface area contributed by atoms with Crippen molar-refractivity contribution in [3.05, 3.63) is 40.2 Å². The number of fused-ring (bicyclic) bond motifs is 1. The third kappa shape index (κ3) is 2.49. The summed E-state index contributed by atoms with van der Waals surface area (Å²) in [5, 5.41) is 12.3. The minimum Gasteiger partial charge on any atom is -0.872 e. The van der Waals surface area contributed by atoms with Gasteiger partial charge in [-0.1, -0.05) is 5.76 Å². The molecule has 1 aromatic rings. The number of Topliss-reactive ketones (excluding diaryl/α,β-unsaturated/α-hetero) is 1. The Hall–Kier alpha value is -2.55. The van der Waals surface area contributed by atoms with Gasteiger partial charge in [0.05, 0.1) is 0 Å². The lowest BCUT2D eigenvalue weighted by molar-refractivity contribution is -0.342. The van der Waals surface area contributed by atoms with E-state index in [0.717, 1.165) is 0 Å². The summed E-state index contributed by atoms with van der Waals surface area (Å²) in [7, 11) is 0. The number of alkyl halides is 11. The Morgan fingerprint density at radius 2 is 1.24 bits per heavy atom. The first-order valence-electron chi connectivity index (χ1n) is 8.34. The molecule has 184 valence electrons. The van der Waals surface area contributed by atoms with Crippen LogP contribution in [-0.2, 0) is 11.2 Å². The van der Waals surface area contributed by atoms with Crippen molar-refractivity contribution in [2.24, 2.45) is 5.41 Å². The number of allylic oxidation sites excluding steroid dienone is 1. The second-order valence-corrected chi connectivity index (χ2v) is 7.19. The van der Waals surface area contributed by atoms with Crippen molar-refractivity contribution in [2.45, 2.75) is 42.7 Å². The van der Waals surface area contributed by atoms with E-state index in [-0.39, 0.29) is 6.07 Å². The molecule has 2 aliphatic carbocycles. The van der Waals surface area contributed by atoms with E-state index in [9.17, 15) is 71.4 Å². The molecule has 0 aliphatic heterocycles. The third-order valence-electron chi connectivity index (χ3n) is 5.57. The van der Waals surface area contributed by atoms with Gasteiger partial charge in [-0.3, -0.25) is 4.79 Å². The zero-order chi connectivity index (χ0) is 25.7. The fourth-order valence-electron chi connectivity index (χ4n) is 3.88. The van der Waals surface area contributed by atoms with Gasteiger partial charge in [0.25, 0.3) is 5.41 Å². The molecule has 0 spiro atoms. The average molecular weight is 507 g/mol. The summed E-state index contributed by atoms with van der Waals surface area (Å²) in [6, 6.07) is -0.211. The average Bonchev–Trinajstić information content (AvgIpc) is 2.71. The lowest BCUT2D eigenvalue weighted by Crippen LogP contribution is -2.65. The van der Waals surface area contributed by atoms with Crippen LogP contribution in [-0.4, -0.2) is 35.6 Å². The molecule has 0 saturated heterocycles. The van der Waals surface area contributed by atoms with Gasteiger partial charge < -0.3 is 5.11 Å². The van der Waals surface area contributed by atoms with E-state index in [1.54, 1.807) is 0 Å². The van der Waals surface area contributed by atoms with E-state index >= 15 is 0 Å². The number of hydrogen-bond acceptors (Lipinski definition) is 2. The molecule has 0 bridgehead atoms. The maximum absolute atomic E-state index is 14.2. The van der Waals surface area contributed by atoms with Crippen LogP contribution in [0.1, 0.15) is 17.5 Å². The van der Waals surface area contributed by atoms with E-state index in [2.05, 4.69) is 0 Å². The molecule has 0 radical (unpaired) electrons. The molecule has 2 aliphatic rings. The number of halogens is 14. The topological polar surface area (TPSA) is 40.1 Å². The van der Waals surface area contributed by atoms with Crippen LogP contribution in [0.3, 0.4) is 0 Å². The van der Waals surface area contributed by atoms with E-state index in [4.69, 9.17) is 0 Å². The molecule has 0 amide bonds. The molecule has 0 aromatic heterocycles. The summed E-state index contributed by atoms with van der Waals surface area (Å²) in [4.78, 5) is 12.4. The maximum atomic E-state index is 14.2. The van der Waals surface area contributed by atoms with Crippen LogP contribution in [0.5, 0.6) is 0 Å². The van der Waals surface area contributed by atoms with E-state index in [1.807, 2.05) is 0 Å². The smallest absolute Gasteiger partial charge is 0.414 e. The molecule has 0 N–H and O–H groups in total. The number of rotatable bonds is 2. The molecule has 1 aromatic carbocycles. The quantitative estimate of drug-likeness (QED) is 0.427. The van der Waals surface area contributed by atoms with Crippen LogP contribution >= 0.6 is 0 Å². The van der Waals surface area contributed by atoms with Gasteiger partial charge in [-0.15, -0.1) is 0 Å². The molecule has 2 nitrogen and oxygen atoms in total. The van der Waals surface area contributed by atoms with Gasteiger partial charge in [-0.05, 0) is 35.6 Å². The van der Waals surface area contributed by atoms with Gasteiger partial charge in [0.15, 0.2) is 23.2 Å². The third-order valence-corrected chi connectivity index (χ3v) is 5.57. The van der Waals surface area contributed by atoms with Crippen LogP contribution in [0.25, 0.3) is 5.76 Å². The minimum absolute atomic E-state index is 0.211. The van der Waals surface area contributed by atoms with Crippen LogP contribution in [0, 0.1) is 22.9 Å². The molecule has 0 heterocycles. The first-order chi connectivity index (χ1) is 14.6. The zero-order valence-corrected chi connectivity index (χ0v) is 15.1. The van der Waals surface area contributed by atoms with Gasteiger partial charge in [0.1, 0.15) is 0 Å². The second kappa shape index (κ2) is 6.52. The van der Waals surface area contributed by atoms with Crippen molar-refractivity contribution in [3.63, 3.8) is 0 Å². The summed E-state index contributed by atoms with van der Waals surface area (Å²) in [5.41, 5.74) is -12.0. The van der Waals surface area contributed by atoms with Crippen molar-refractivity contribution in [2.75, 3.05) is 0 Å². The summed E-state index contributed by atoms with van der Waals surface area (Å²) < 4.78 is 192. The Bertz CT molecular complexity index is 1060. The van der Waals surface area contributed by atoms with Crippen LogP contribution < -0.4 is 5.11 Å². The monoisotopic (exact) mass is 507 g/mol. The molecular weight excluding hydrogens is 502 g/mol. The Balaban J connectivity index is 2.40. The Morgan fingerprint density at radius 1 is 0.788 bits per heavy atom. The van der Waals surface area contributed by atoms with Crippen LogP contribution in [0.4, 0.5) is 61.5 Å². The molecule has 33 heavy (non-hydrogen) atoms. The highest BCUT2D eigenvalue weighted by molar-refractivity contribution is 6.07. The van der Waals surface area contributed by atoms with Crippen LogP contribution in [0.2, 0.25) is 0 Å². The Morgan fingerprint density at radius 3 is 1.67 bits per heavy atom. The molecule has 1 fully saturated rings. The molecule has 3 rings (SSSR count). The SMILES string of the molecule is O=C(C1=C([O-])c2cc(F)c(F)c(F)c2CC1)C1(C(F)(F)F)C(F)(F)C(F)(F)C(F)(F)C1(F)F. The number of hydrogen-bond donors (Lipinski definition) is 0. The number of carbonyl (C=O) groups excluding carboxylic acids is 1. The molecule has 1 saturated carbocycles. The predicted octanol–water partition coefficient (Wildman–Crippen LogP) is 4.79. The molecular formula is C17H5F14O2-. The highest BCUT2D eigenvalue weighted by Crippen LogP contribution is 2.76. The first-order valence-corrected chi connectivity index (χ1v) is 8.34. The van der Waals surface area contributed by atoms with E-state index in [0.29, 0.717) is 0 Å². The standard InChI is InChI=1S/C17H6F14O2/c18-7-3-6-4(8(19)9(7)20)1-2-5(10(6)32)11(33)12(17(29,30)31)13(21,22)15(25,26)16(27,28)14(12,23)24/h3,32H,1-2H2/p-1. The number of benzene rings is 1. The predicted molar refractivity (Wildman–Crippen MR) is 74.8 cm³/mol. The lowest BCUT2D eigenvalue weighted by Gasteiger charge is -2.40. The van der Waals surface area contributed by atoms with Gasteiger partial charge in [0.2, 0.25) is 0 Å². The fraction of sp³-hybridized carbons (Fsp3) is 0.471. The van der Waals surface area contributed by atoms with Gasteiger partial charge in [0, 0.05) is 0 Å². The summed E-state index contributed by atoms with van der Waals surface area (Å²) in [5.74, 6) is -42.5. The first kappa shape index (κ1) is 25.1. The highest BCUT2D eigenvalue weighted by Gasteiger charge is 3.06. The second-order valence-electron chi connectivity index (χ2n) is 7.19. The van der Waals surface area contributed by atoms with Crippen molar-refractivity contribution in [1.29, 1.82) is 0 Å². The van der Waals surface area contributed by atoms with Crippen molar-refractivity contribution >= 4 is 11.5 Å². The Kier molecular flexibility index (Phi) is 4.96. The lowest BCUT2D eigenvalue weighted by atomic mass is 9.70. The molecule has 16 heteroatoms. The number of carbonyl (C=O) groups is 1. The molecule has 0 unspecified atom stereocenters. The zero-order valence-electron chi connectivity index (χ0n) is 15.1. The van der Waals surface area contributed by atoms with Crippen LogP contribution in [0.15, 0.2) is 11.6 Å². The highest BCUT2D eigenvalue weighted by atomic mass is 19.4. The Labute approximate surface area is 172 Å². The van der Waals surface area contributed by atoms with E-state index < -0.39 is 93.8 Å². The number of ketones is 1. The van der Waals surface area contributed by atoms with Crippen molar-refractivity contribution in [1.82, 2.24) is 0 Å². The summed E-state index contributed by atoms with van der Waals surface area (Å²) in [6.07, 6.45) is -10.4. The molecule has 0 atom stereocenters. The normalized spacial score (nSPS) is 24.5.